The minimum Gasteiger partial charge on any atom is -0.322 e. The van der Waals surface area contributed by atoms with Gasteiger partial charge >= 0.3 is 0 Å². The van der Waals surface area contributed by atoms with Gasteiger partial charge in [-0.25, -0.2) is 9.67 Å². The summed E-state index contributed by atoms with van der Waals surface area (Å²) in [6.07, 6.45) is 0. The van der Waals surface area contributed by atoms with E-state index < -0.39 is 0 Å². The first-order valence-electron chi connectivity index (χ1n) is 10.4. The zero-order valence-corrected chi connectivity index (χ0v) is 18.9. The second-order valence-corrected chi connectivity index (χ2v) is 8.83. The van der Waals surface area contributed by atoms with E-state index in [9.17, 15) is 4.79 Å². The standard InChI is InChI=1S/C26H22N4OS/c1-16-6-10-19(11-7-16)27-26(31)21-15-22(23-5-4-14-32-23)28-25-24(21)18(3)29-30(25)20-12-8-17(2)9-13-20/h4-15H,1-3H3,(H,27,31). The summed E-state index contributed by atoms with van der Waals surface area (Å²) in [7, 11) is 0. The predicted octanol–water partition coefficient (Wildman–Crippen LogP) is 6.33. The van der Waals surface area contributed by atoms with E-state index in [0.717, 1.165) is 38.6 Å². The molecular formula is C26H22N4OS. The van der Waals surface area contributed by atoms with Gasteiger partial charge in [0.15, 0.2) is 5.65 Å². The van der Waals surface area contributed by atoms with E-state index >= 15 is 0 Å². The number of benzene rings is 2. The summed E-state index contributed by atoms with van der Waals surface area (Å²) in [6.45, 7) is 5.99. The Hall–Kier alpha value is -3.77. The van der Waals surface area contributed by atoms with Crippen LogP contribution in [0.15, 0.2) is 72.1 Å². The Labute approximate surface area is 190 Å². The number of amides is 1. The average molecular weight is 439 g/mol. The molecule has 2 aromatic carbocycles. The van der Waals surface area contributed by atoms with Crippen LogP contribution in [0.1, 0.15) is 27.2 Å². The highest BCUT2D eigenvalue weighted by Gasteiger charge is 2.21. The molecule has 0 unspecified atom stereocenters. The lowest BCUT2D eigenvalue weighted by Gasteiger charge is -2.10. The highest BCUT2D eigenvalue weighted by molar-refractivity contribution is 7.13. The van der Waals surface area contributed by atoms with E-state index in [1.807, 2.05) is 90.6 Å². The van der Waals surface area contributed by atoms with Crippen molar-refractivity contribution in [2.45, 2.75) is 20.8 Å². The van der Waals surface area contributed by atoms with Crippen LogP contribution in [-0.2, 0) is 0 Å². The lowest BCUT2D eigenvalue weighted by Crippen LogP contribution is -2.13. The van der Waals surface area contributed by atoms with Crippen molar-refractivity contribution in [2.24, 2.45) is 0 Å². The molecule has 158 valence electrons. The van der Waals surface area contributed by atoms with Crippen LogP contribution >= 0.6 is 11.3 Å². The van der Waals surface area contributed by atoms with E-state index in [4.69, 9.17) is 10.1 Å². The molecule has 5 rings (SSSR count). The number of thiophene rings is 1. The Morgan fingerprint density at radius 2 is 1.62 bits per heavy atom. The summed E-state index contributed by atoms with van der Waals surface area (Å²) >= 11 is 1.60. The second-order valence-electron chi connectivity index (χ2n) is 7.88. The molecule has 5 aromatic rings. The molecule has 0 spiro atoms. The van der Waals surface area contributed by atoms with Crippen LogP contribution in [0.4, 0.5) is 5.69 Å². The van der Waals surface area contributed by atoms with Gasteiger partial charge in [-0.2, -0.15) is 5.10 Å². The van der Waals surface area contributed by atoms with E-state index in [1.165, 1.54) is 5.56 Å². The van der Waals surface area contributed by atoms with Crippen molar-refractivity contribution in [3.05, 3.63) is 94.5 Å². The maximum absolute atomic E-state index is 13.4. The van der Waals surface area contributed by atoms with Crippen LogP contribution < -0.4 is 5.32 Å². The molecule has 0 aliphatic heterocycles. The molecular weight excluding hydrogens is 416 g/mol. The molecule has 3 aromatic heterocycles. The fourth-order valence-corrected chi connectivity index (χ4v) is 4.41. The minimum absolute atomic E-state index is 0.175. The topological polar surface area (TPSA) is 59.8 Å². The lowest BCUT2D eigenvalue weighted by atomic mass is 10.1. The number of nitrogens with one attached hydrogen (secondary N) is 1. The predicted molar refractivity (Wildman–Crippen MR) is 131 cm³/mol. The number of carbonyl (C=O) groups is 1. The molecule has 0 fully saturated rings. The van der Waals surface area contributed by atoms with Crippen molar-refractivity contribution in [2.75, 3.05) is 5.32 Å². The van der Waals surface area contributed by atoms with Gasteiger partial charge in [-0.1, -0.05) is 41.5 Å². The third-order valence-electron chi connectivity index (χ3n) is 5.42. The van der Waals surface area contributed by atoms with Gasteiger partial charge in [-0.3, -0.25) is 4.79 Å². The van der Waals surface area contributed by atoms with Crippen LogP contribution in [0.5, 0.6) is 0 Å². The number of aromatic nitrogens is 3. The molecule has 0 aliphatic rings. The Kier molecular flexibility index (Phi) is 5.07. The Morgan fingerprint density at radius 1 is 0.938 bits per heavy atom. The number of rotatable bonds is 4. The normalized spacial score (nSPS) is 11.1. The largest absolute Gasteiger partial charge is 0.322 e. The van der Waals surface area contributed by atoms with E-state index in [0.29, 0.717) is 11.2 Å². The Balaban J connectivity index is 1.69. The fraction of sp³-hybridized carbons (Fsp3) is 0.115. The van der Waals surface area contributed by atoms with Gasteiger partial charge in [0.2, 0.25) is 0 Å². The summed E-state index contributed by atoms with van der Waals surface area (Å²) in [4.78, 5) is 19.3. The molecule has 1 amide bonds. The van der Waals surface area contributed by atoms with Crippen molar-refractivity contribution in [3.8, 4) is 16.3 Å². The number of fused-ring (bicyclic) bond motifs is 1. The van der Waals surface area contributed by atoms with Crippen molar-refractivity contribution in [1.82, 2.24) is 14.8 Å². The molecule has 0 saturated carbocycles. The average Bonchev–Trinajstić information content (AvgIpc) is 3.44. The molecule has 32 heavy (non-hydrogen) atoms. The zero-order valence-electron chi connectivity index (χ0n) is 18.1. The van der Waals surface area contributed by atoms with Crippen molar-refractivity contribution < 1.29 is 4.79 Å². The van der Waals surface area contributed by atoms with E-state index in [1.54, 1.807) is 11.3 Å². The fourth-order valence-electron chi connectivity index (χ4n) is 3.72. The first-order chi connectivity index (χ1) is 15.5. The maximum atomic E-state index is 13.4. The number of carbonyl (C=O) groups excluding carboxylic acids is 1. The first kappa shape index (κ1) is 20.2. The van der Waals surface area contributed by atoms with Gasteiger partial charge in [0.1, 0.15) is 0 Å². The van der Waals surface area contributed by atoms with Crippen molar-refractivity contribution >= 4 is 34.0 Å². The number of aryl methyl sites for hydroxylation is 3. The second kappa shape index (κ2) is 8.05. The molecule has 0 aliphatic carbocycles. The summed E-state index contributed by atoms with van der Waals surface area (Å²) in [5, 5.41) is 10.6. The van der Waals surface area contributed by atoms with Crippen LogP contribution in [0.2, 0.25) is 0 Å². The maximum Gasteiger partial charge on any atom is 0.256 e. The van der Waals surface area contributed by atoms with E-state index in [-0.39, 0.29) is 5.91 Å². The van der Waals surface area contributed by atoms with Crippen molar-refractivity contribution in [1.29, 1.82) is 0 Å². The Morgan fingerprint density at radius 3 is 2.28 bits per heavy atom. The van der Waals surface area contributed by atoms with Gasteiger partial charge in [-0.05, 0) is 62.5 Å². The van der Waals surface area contributed by atoms with Gasteiger partial charge in [0, 0.05) is 5.69 Å². The summed E-state index contributed by atoms with van der Waals surface area (Å²) in [5.74, 6) is -0.175. The summed E-state index contributed by atoms with van der Waals surface area (Å²) < 4.78 is 1.82. The smallest absolute Gasteiger partial charge is 0.256 e. The quantitative estimate of drug-likeness (QED) is 0.357. The number of hydrogen-bond acceptors (Lipinski definition) is 4. The number of hydrogen-bond donors (Lipinski definition) is 1. The van der Waals surface area contributed by atoms with Crippen LogP contribution in [-0.4, -0.2) is 20.7 Å². The first-order valence-corrected chi connectivity index (χ1v) is 11.3. The van der Waals surface area contributed by atoms with Crippen LogP contribution in [0.25, 0.3) is 27.3 Å². The summed E-state index contributed by atoms with van der Waals surface area (Å²) in [6, 6.07) is 21.8. The van der Waals surface area contributed by atoms with Gasteiger partial charge in [0.25, 0.3) is 5.91 Å². The zero-order chi connectivity index (χ0) is 22.2. The highest BCUT2D eigenvalue weighted by Crippen LogP contribution is 2.31. The van der Waals surface area contributed by atoms with Gasteiger partial charge < -0.3 is 5.32 Å². The third kappa shape index (κ3) is 3.69. The molecule has 3 heterocycles. The van der Waals surface area contributed by atoms with E-state index in [2.05, 4.69) is 12.2 Å². The van der Waals surface area contributed by atoms with Crippen LogP contribution in [0, 0.1) is 20.8 Å². The summed E-state index contributed by atoms with van der Waals surface area (Å²) in [5.41, 5.74) is 6.74. The number of anilines is 1. The SMILES string of the molecule is Cc1ccc(NC(=O)c2cc(-c3cccs3)nc3c2c(C)nn3-c2ccc(C)cc2)cc1. The monoisotopic (exact) mass is 438 g/mol. The number of nitrogens with zero attached hydrogens (tertiary/aromatic N) is 3. The minimum atomic E-state index is -0.175. The van der Waals surface area contributed by atoms with Gasteiger partial charge in [0.05, 0.1) is 32.9 Å². The molecule has 0 atom stereocenters. The number of pyridine rings is 1. The molecule has 1 N–H and O–H groups in total. The van der Waals surface area contributed by atoms with Crippen molar-refractivity contribution in [3.63, 3.8) is 0 Å². The molecule has 5 nitrogen and oxygen atoms in total. The molecule has 0 bridgehead atoms. The van der Waals surface area contributed by atoms with Crippen LogP contribution in [0.3, 0.4) is 0 Å². The third-order valence-corrected chi connectivity index (χ3v) is 6.31. The van der Waals surface area contributed by atoms with Gasteiger partial charge in [-0.15, -0.1) is 11.3 Å². The lowest BCUT2D eigenvalue weighted by molar-refractivity contribution is 0.102. The molecule has 0 radical (unpaired) electrons. The molecule has 6 heteroatoms. The Bertz CT molecular complexity index is 1420. The highest BCUT2D eigenvalue weighted by atomic mass is 32.1. The molecule has 0 saturated heterocycles.